The predicted octanol–water partition coefficient (Wildman–Crippen LogP) is 1.79. The Morgan fingerprint density at radius 3 is 2.90 bits per heavy atom. The van der Waals surface area contributed by atoms with E-state index in [1.807, 2.05) is 11.0 Å². The molecule has 20 heavy (non-hydrogen) atoms. The second-order valence-electron chi connectivity index (χ2n) is 5.25. The monoisotopic (exact) mass is 281 g/mol. The normalized spacial score (nSPS) is 23.7. The first-order valence-electron chi connectivity index (χ1n) is 6.80. The van der Waals surface area contributed by atoms with Gasteiger partial charge in [0, 0.05) is 13.7 Å². The summed E-state index contributed by atoms with van der Waals surface area (Å²) in [4.78, 5) is 12.6. The zero-order valence-corrected chi connectivity index (χ0v) is 11.6. The van der Waals surface area contributed by atoms with Gasteiger partial charge in [-0.05, 0) is 36.9 Å². The molecule has 1 fully saturated rings. The van der Waals surface area contributed by atoms with Crippen LogP contribution in [0.5, 0.6) is 0 Å². The van der Waals surface area contributed by atoms with Crippen molar-refractivity contribution < 1.29 is 19.0 Å². The molecule has 1 N–H and O–H groups in total. The smallest absolute Gasteiger partial charge is 0.317 e. The standard InChI is InChI=1S/C15H20FNO3/c1-20-14-9-17(10-15(18)19)7-6-12(14)8-11-4-2-3-5-13(11)16/h2-5,12,14H,6-10H2,1H3,(H,18,19)/t12-,14+/m1/s1. The van der Waals surface area contributed by atoms with Crippen LogP contribution >= 0.6 is 0 Å². The maximum absolute atomic E-state index is 13.7. The van der Waals surface area contributed by atoms with E-state index in [-0.39, 0.29) is 24.4 Å². The highest BCUT2D eigenvalue weighted by molar-refractivity contribution is 5.69. The summed E-state index contributed by atoms with van der Waals surface area (Å²) in [6.07, 6.45) is 1.40. The molecule has 4 nitrogen and oxygen atoms in total. The van der Waals surface area contributed by atoms with Crippen molar-refractivity contribution in [1.82, 2.24) is 4.90 Å². The first-order valence-corrected chi connectivity index (χ1v) is 6.80. The molecule has 0 aliphatic carbocycles. The van der Waals surface area contributed by atoms with Crippen molar-refractivity contribution in [3.05, 3.63) is 35.6 Å². The van der Waals surface area contributed by atoms with E-state index in [0.717, 1.165) is 6.42 Å². The number of carboxylic acids is 1. The van der Waals surface area contributed by atoms with Crippen LogP contribution in [0, 0.1) is 11.7 Å². The topological polar surface area (TPSA) is 49.8 Å². The van der Waals surface area contributed by atoms with Gasteiger partial charge < -0.3 is 9.84 Å². The van der Waals surface area contributed by atoms with Crippen LogP contribution in [0.15, 0.2) is 24.3 Å². The van der Waals surface area contributed by atoms with Crippen LogP contribution < -0.4 is 0 Å². The van der Waals surface area contributed by atoms with Crippen LogP contribution in [0.1, 0.15) is 12.0 Å². The van der Waals surface area contributed by atoms with Crippen molar-refractivity contribution in [1.29, 1.82) is 0 Å². The number of hydrogen-bond donors (Lipinski definition) is 1. The molecule has 0 saturated carbocycles. The highest BCUT2D eigenvalue weighted by Crippen LogP contribution is 2.25. The van der Waals surface area contributed by atoms with Crippen molar-refractivity contribution >= 4 is 5.97 Å². The lowest BCUT2D eigenvalue weighted by atomic mass is 9.87. The Morgan fingerprint density at radius 2 is 2.25 bits per heavy atom. The molecule has 0 spiro atoms. The molecule has 2 atom stereocenters. The third kappa shape index (κ3) is 3.77. The lowest BCUT2D eigenvalue weighted by Gasteiger charge is -2.37. The molecule has 1 saturated heterocycles. The number of benzene rings is 1. The van der Waals surface area contributed by atoms with Gasteiger partial charge in [-0.2, -0.15) is 0 Å². The minimum Gasteiger partial charge on any atom is -0.480 e. The summed E-state index contributed by atoms with van der Waals surface area (Å²) >= 11 is 0. The summed E-state index contributed by atoms with van der Waals surface area (Å²) < 4.78 is 19.2. The van der Waals surface area contributed by atoms with Gasteiger partial charge in [-0.15, -0.1) is 0 Å². The number of carbonyl (C=O) groups is 1. The summed E-state index contributed by atoms with van der Waals surface area (Å²) in [6, 6.07) is 6.78. The molecule has 0 amide bonds. The number of aliphatic carboxylic acids is 1. The molecule has 1 aliphatic heterocycles. The highest BCUT2D eigenvalue weighted by atomic mass is 19.1. The summed E-state index contributed by atoms with van der Waals surface area (Å²) in [5.41, 5.74) is 0.700. The molecular weight excluding hydrogens is 261 g/mol. The van der Waals surface area contributed by atoms with Gasteiger partial charge in [-0.1, -0.05) is 18.2 Å². The Hall–Kier alpha value is -1.46. The molecular formula is C15H20FNO3. The number of nitrogens with zero attached hydrogens (tertiary/aromatic N) is 1. The number of likely N-dealkylation sites (tertiary alicyclic amines) is 1. The van der Waals surface area contributed by atoms with E-state index in [1.165, 1.54) is 6.07 Å². The Kier molecular flexibility index (Phi) is 5.09. The van der Waals surface area contributed by atoms with E-state index in [4.69, 9.17) is 9.84 Å². The third-order valence-electron chi connectivity index (χ3n) is 3.88. The number of hydrogen-bond acceptors (Lipinski definition) is 3. The molecule has 1 aromatic carbocycles. The summed E-state index contributed by atoms with van der Waals surface area (Å²) in [5, 5.41) is 8.83. The number of rotatable bonds is 5. The number of ether oxygens (including phenoxy) is 1. The maximum atomic E-state index is 13.7. The van der Waals surface area contributed by atoms with E-state index >= 15 is 0 Å². The zero-order chi connectivity index (χ0) is 14.5. The van der Waals surface area contributed by atoms with E-state index in [9.17, 15) is 9.18 Å². The molecule has 0 bridgehead atoms. The lowest BCUT2D eigenvalue weighted by Crippen LogP contribution is -2.47. The largest absolute Gasteiger partial charge is 0.480 e. The van der Waals surface area contributed by atoms with E-state index < -0.39 is 5.97 Å². The van der Waals surface area contributed by atoms with Crippen LogP contribution in [0.3, 0.4) is 0 Å². The fourth-order valence-corrected chi connectivity index (χ4v) is 2.81. The molecule has 110 valence electrons. The van der Waals surface area contributed by atoms with Gasteiger partial charge in [0.15, 0.2) is 0 Å². The average molecular weight is 281 g/mol. The molecule has 0 aromatic heterocycles. The van der Waals surface area contributed by atoms with Gasteiger partial charge in [-0.3, -0.25) is 9.69 Å². The summed E-state index contributed by atoms with van der Waals surface area (Å²) in [7, 11) is 1.63. The van der Waals surface area contributed by atoms with E-state index in [1.54, 1.807) is 19.2 Å². The van der Waals surface area contributed by atoms with Crippen molar-refractivity contribution in [2.24, 2.45) is 5.92 Å². The van der Waals surface area contributed by atoms with Crippen LogP contribution in [-0.2, 0) is 16.0 Å². The van der Waals surface area contributed by atoms with Crippen LogP contribution in [0.4, 0.5) is 4.39 Å². The fraction of sp³-hybridized carbons (Fsp3) is 0.533. The molecule has 0 radical (unpaired) electrons. The Morgan fingerprint density at radius 1 is 1.50 bits per heavy atom. The van der Waals surface area contributed by atoms with Gasteiger partial charge in [-0.25, -0.2) is 4.39 Å². The van der Waals surface area contributed by atoms with Gasteiger partial charge >= 0.3 is 5.97 Å². The Labute approximate surface area is 118 Å². The SMILES string of the molecule is CO[C@H]1CN(CC(=O)O)CC[C@@H]1Cc1ccccc1F. The van der Waals surface area contributed by atoms with Gasteiger partial charge in [0.25, 0.3) is 0 Å². The minimum absolute atomic E-state index is 0.0340. The fourth-order valence-electron chi connectivity index (χ4n) is 2.81. The van der Waals surface area contributed by atoms with Crippen LogP contribution in [-0.4, -0.2) is 48.8 Å². The summed E-state index contributed by atoms with van der Waals surface area (Å²) in [6.45, 7) is 1.33. The molecule has 1 aromatic rings. The molecule has 5 heteroatoms. The number of methoxy groups -OCH3 is 1. The molecule has 0 unspecified atom stereocenters. The van der Waals surface area contributed by atoms with Crippen molar-refractivity contribution in [3.63, 3.8) is 0 Å². The zero-order valence-electron chi connectivity index (χ0n) is 11.6. The second kappa shape index (κ2) is 6.81. The van der Waals surface area contributed by atoms with Gasteiger partial charge in [0.05, 0.1) is 12.6 Å². The van der Waals surface area contributed by atoms with Crippen molar-refractivity contribution in [2.75, 3.05) is 26.7 Å². The average Bonchev–Trinajstić information content (AvgIpc) is 2.42. The van der Waals surface area contributed by atoms with Gasteiger partial charge in [0.2, 0.25) is 0 Å². The third-order valence-corrected chi connectivity index (χ3v) is 3.88. The van der Waals surface area contributed by atoms with Crippen molar-refractivity contribution in [2.45, 2.75) is 18.9 Å². The maximum Gasteiger partial charge on any atom is 0.317 e. The van der Waals surface area contributed by atoms with E-state index in [2.05, 4.69) is 0 Å². The Bertz CT molecular complexity index is 466. The minimum atomic E-state index is -0.826. The molecule has 2 rings (SSSR count). The summed E-state index contributed by atoms with van der Waals surface area (Å²) in [5.74, 6) is -0.787. The van der Waals surface area contributed by atoms with Crippen molar-refractivity contribution in [3.8, 4) is 0 Å². The number of halogens is 1. The lowest BCUT2D eigenvalue weighted by molar-refractivity contribution is -0.139. The predicted molar refractivity (Wildman–Crippen MR) is 73.1 cm³/mol. The molecule has 1 aliphatic rings. The van der Waals surface area contributed by atoms with Gasteiger partial charge in [0.1, 0.15) is 5.82 Å². The van der Waals surface area contributed by atoms with E-state index in [0.29, 0.717) is 25.1 Å². The number of piperidine rings is 1. The number of carboxylic acid groups (broad SMARTS) is 1. The highest BCUT2D eigenvalue weighted by Gasteiger charge is 2.30. The second-order valence-corrected chi connectivity index (χ2v) is 5.25. The first-order chi connectivity index (χ1) is 9.60. The van der Waals surface area contributed by atoms with Crippen LogP contribution in [0.2, 0.25) is 0 Å². The first kappa shape index (κ1) is 14.9. The van der Waals surface area contributed by atoms with Crippen LogP contribution in [0.25, 0.3) is 0 Å². The Balaban J connectivity index is 1.99. The molecule has 1 heterocycles. The quantitative estimate of drug-likeness (QED) is 0.894.